The Morgan fingerprint density at radius 2 is 1.65 bits per heavy atom. The summed E-state index contributed by atoms with van der Waals surface area (Å²) >= 11 is 0. The van der Waals surface area contributed by atoms with E-state index in [1.807, 2.05) is 23.0 Å². The highest BCUT2D eigenvalue weighted by molar-refractivity contribution is 5.60. The summed E-state index contributed by atoms with van der Waals surface area (Å²) in [5.74, 6) is 0. The van der Waals surface area contributed by atoms with Crippen molar-refractivity contribution < 1.29 is 0 Å². The third kappa shape index (κ3) is 4.58. The molecule has 0 saturated carbocycles. The van der Waals surface area contributed by atoms with Gasteiger partial charge in [0.05, 0.1) is 6.54 Å². The molecule has 4 nitrogen and oxygen atoms in total. The highest BCUT2D eigenvalue weighted by Gasteiger charge is 2.18. The minimum atomic E-state index is 0.0781. The van der Waals surface area contributed by atoms with E-state index < -0.39 is 0 Å². The average Bonchev–Trinajstić information content (AvgIpc) is 3.06. The minimum absolute atomic E-state index is 0.0781. The molecule has 1 heterocycles. The van der Waals surface area contributed by atoms with Gasteiger partial charge < -0.3 is 5.32 Å². The summed E-state index contributed by atoms with van der Waals surface area (Å²) in [7, 11) is 0. The fourth-order valence-corrected chi connectivity index (χ4v) is 2.70. The number of hydrogen-bond acceptors (Lipinski definition) is 3. The Balaban J connectivity index is 1.88. The molecular weight excluding hydrogens is 320 g/mol. The average molecular weight is 348 g/mol. The Hall–Kier alpha value is -2.46. The summed E-state index contributed by atoms with van der Waals surface area (Å²) in [5.41, 5.74) is 5.60. The molecule has 1 N–H and O–H groups in total. The Morgan fingerprint density at radius 3 is 2.31 bits per heavy atom. The van der Waals surface area contributed by atoms with Crippen molar-refractivity contribution in [3.8, 4) is 11.3 Å². The first-order chi connectivity index (χ1) is 12.5. The van der Waals surface area contributed by atoms with Crippen LogP contribution in [0.3, 0.4) is 0 Å². The Morgan fingerprint density at radius 1 is 0.962 bits per heavy atom. The molecule has 3 rings (SSSR count). The zero-order valence-corrected chi connectivity index (χ0v) is 16.2. The lowest BCUT2D eigenvalue weighted by molar-refractivity contribution is 0.371. The summed E-state index contributed by atoms with van der Waals surface area (Å²) in [6, 6.07) is 18.8. The van der Waals surface area contributed by atoms with Crippen LogP contribution >= 0.6 is 0 Å². The predicted octanol–water partition coefficient (Wildman–Crippen LogP) is 4.58. The summed E-state index contributed by atoms with van der Waals surface area (Å²) < 4.78 is 0. The van der Waals surface area contributed by atoms with E-state index in [1.54, 1.807) is 0 Å². The molecule has 3 aromatic rings. The van der Waals surface area contributed by atoms with Gasteiger partial charge in [0.2, 0.25) is 0 Å². The second kappa shape index (κ2) is 7.83. The zero-order valence-electron chi connectivity index (χ0n) is 16.2. The van der Waals surface area contributed by atoms with Crippen LogP contribution in [0.5, 0.6) is 0 Å². The molecule has 0 saturated heterocycles. The Bertz CT molecular complexity index is 832. The van der Waals surface area contributed by atoms with E-state index in [4.69, 9.17) is 10.2 Å². The van der Waals surface area contributed by atoms with Crippen LogP contribution in [0.4, 0.5) is 0 Å². The third-order valence-corrected chi connectivity index (χ3v) is 4.84. The highest BCUT2D eigenvalue weighted by atomic mass is 15.5. The molecule has 0 unspecified atom stereocenters. The monoisotopic (exact) mass is 348 g/mol. The van der Waals surface area contributed by atoms with Gasteiger partial charge in [-0.2, -0.15) is 15.0 Å². The second-order valence-corrected chi connectivity index (χ2v) is 7.47. The lowest BCUT2D eigenvalue weighted by Gasteiger charge is -2.24. The molecule has 26 heavy (non-hydrogen) atoms. The molecule has 136 valence electrons. The SMILES string of the molecule is CCC(C)(C)NCc1nn(Cc2ccc(C)cc2)nc1-c1ccccc1. The van der Waals surface area contributed by atoms with Crippen LogP contribution in [-0.2, 0) is 13.1 Å². The van der Waals surface area contributed by atoms with E-state index in [-0.39, 0.29) is 5.54 Å². The van der Waals surface area contributed by atoms with Crippen molar-refractivity contribution in [2.75, 3.05) is 0 Å². The van der Waals surface area contributed by atoms with E-state index in [0.717, 1.165) is 23.4 Å². The lowest BCUT2D eigenvalue weighted by Crippen LogP contribution is -2.38. The van der Waals surface area contributed by atoms with Crippen molar-refractivity contribution in [3.05, 3.63) is 71.4 Å². The van der Waals surface area contributed by atoms with Crippen molar-refractivity contribution in [1.29, 1.82) is 0 Å². The summed E-state index contributed by atoms with van der Waals surface area (Å²) in [4.78, 5) is 1.81. The number of hydrogen-bond donors (Lipinski definition) is 1. The fraction of sp³-hybridized carbons (Fsp3) is 0.364. The maximum atomic E-state index is 4.79. The zero-order chi connectivity index (χ0) is 18.6. The first-order valence-corrected chi connectivity index (χ1v) is 9.27. The molecule has 0 spiro atoms. The van der Waals surface area contributed by atoms with Gasteiger partial charge in [-0.1, -0.05) is 67.1 Å². The van der Waals surface area contributed by atoms with Gasteiger partial charge in [-0.15, -0.1) is 0 Å². The van der Waals surface area contributed by atoms with Gasteiger partial charge in [-0.25, -0.2) is 0 Å². The number of nitrogens with one attached hydrogen (secondary N) is 1. The van der Waals surface area contributed by atoms with Crippen molar-refractivity contribution in [1.82, 2.24) is 20.3 Å². The maximum absolute atomic E-state index is 4.79. The number of aromatic nitrogens is 3. The number of nitrogens with zero attached hydrogens (tertiary/aromatic N) is 3. The van der Waals surface area contributed by atoms with Gasteiger partial charge in [-0.05, 0) is 32.8 Å². The quantitative estimate of drug-likeness (QED) is 0.679. The fourth-order valence-electron chi connectivity index (χ4n) is 2.70. The highest BCUT2D eigenvalue weighted by Crippen LogP contribution is 2.21. The molecule has 4 heteroatoms. The third-order valence-electron chi connectivity index (χ3n) is 4.84. The first kappa shape index (κ1) is 18.3. The van der Waals surface area contributed by atoms with E-state index in [9.17, 15) is 0 Å². The molecule has 0 aliphatic carbocycles. The van der Waals surface area contributed by atoms with E-state index >= 15 is 0 Å². The molecule has 0 radical (unpaired) electrons. The molecular formula is C22H28N4. The summed E-state index contributed by atoms with van der Waals surface area (Å²) in [5, 5.41) is 13.2. The van der Waals surface area contributed by atoms with E-state index in [2.05, 4.69) is 69.4 Å². The maximum Gasteiger partial charge on any atom is 0.117 e. The number of benzene rings is 2. The van der Waals surface area contributed by atoms with Gasteiger partial charge in [0.25, 0.3) is 0 Å². The van der Waals surface area contributed by atoms with Crippen molar-refractivity contribution in [2.24, 2.45) is 0 Å². The Labute approximate surface area is 156 Å². The topological polar surface area (TPSA) is 42.7 Å². The largest absolute Gasteiger partial charge is 0.306 e. The standard InChI is InChI=1S/C22H28N4/c1-5-22(3,4)23-15-20-21(19-9-7-6-8-10-19)25-26(24-20)16-18-13-11-17(2)12-14-18/h6-14,23H,5,15-16H2,1-4H3. The van der Waals surface area contributed by atoms with E-state index in [1.165, 1.54) is 11.1 Å². The van der Waals surface area contributed by atoms with Crippen LogP contribution in [-0.4, -0.2) is 20.5 Å². The van der Waals surface area contributed by atoms with Gasteiger partial charge in [0.15, 0.2) is 0 Å². The molecule has 0 fully saturated rings. The van der Waals surface area contributed by atoms with Crippen LogP contribution in [0.15, 0.2) is 54.6 Å². The van der Waals surface area contributed by atoms with Gasteiger partial charge in [0, 0.05) is 17.6 Å². The van der Waals surface area contributed by atoms with Crippen LogP contribution in [0.25, 0.3) is 11.3 Å². The molecule has 0 aliphatic rings. The van der Waals surface area contributed by atoms with Crippen molar-refractivity contribution >= 4 is 0 Å². The normalized spacial score (nSPS) is 11.7. The van der Waals surface area contributed by atoms with Crippen molar-refractivity contribution in [3.63, 3.8) is 0 Å². The molecule has 0 amide bonds. The van der Waals surface area contributed by atoms with Gasteiger partial charge >= 0.3 is 0 Å². The smallest absolute Gasteiger partial charge is 0.117 e. The molecule has 0 bridgehead atoms. The number of aryl methyl sites for hydroxylation is 1. The van der Waals surface area contributed by atoms with Gasteiger partial charge in [-0.3, -0.25) is 0 Å². The minimum Gasteiger partial charge on any atom is -0.306 e. The first-order valence-electron chi connectivity index (χ1n) is 9.27. The summed E-state index contributed by atoms with van der Waals surface area (Å²) in [6.07, 6.45) is 1.06. The van der Waals surface area contributed by atoms with Crippen LogP contribution in [0.2, 0.25) is 0 Å². The van der Waals surface area contributed by atoms with Gasteiger partial charge in [0.1, 0.15) is 11.4 Å². The van der Waals surface area contributed by atoms with Crippen LogP contribution in [0.1, 0.15) is 44.0 Å². The summed E-state index contributed by atoms with van der Waals surface area (Å²) in [6.45, 7) is 10.1. The van der Waals surface area contributed by atoms with Crippen LogP contribution < -0.4 is 5.32 Å². The van der Waals surface area contributed by atoms with Crippen LogP contribution in [0, 0.1) is 6.92 Å². The molecule has 2 aromatic carbocycles. The predicted molar refractivity (Wildman–Crippen MR) is 107 cm³/mol. The molecule has 0 atom stereocenters. The van der Waals surface area contributed by atoms with Crippen molar-refractivity contribution in [2.45, 2.75) is 52.7 Å². The lowest BCUT2D eigenvalue weighted by atomic mass is 10.0. The molecule has 0 aliphatic heterocycles. The molecule has 1 aromatic heterocycles. The second-order valence-electron chi connectivity index (χ2n) is 7.47. The van der Waals surface area contributed by atoms with E-state index in [0.29, 0.717) is 13.1 Å². The number of rotatable bonds is 7. The Kier molecular flexibility index (Phi) is 5.52.